The lowest BCUT2D eigenvalue weighted by molar-refractivity contribution is 1.40. The molecule has 0 bridgehead atoms. The zero-order valence-corrected chi connectivity index (χ0v) is 9.85. The quantitative estimate of drug-likeness (QED) is 0.725. The second kappa shape index (κ2) is 4.37. The molecule has 0 fully saturated rings. The van der Waals surface area contributed by atoms with E-state index in [4.69, 9.17) is 0 Å². The number of pyridine rings is 1. The van der Waals surface area contributed by atoms with Gasteiger partial charge in [-0.05, 0) is 36.0 Å². The zero-order valence-electron chi connectivity index (χ0n) is 9.85. The first-order valence-electron chi connectivity index (χ1n) is 5.78. The summed E-state index contributed by atoms with van der Waals surface area (Å²) < 4.78 is 0. The van der Waals surface area contributed by atoms with E-state index in [0.717, 1.165) is 27.8 Å². The number of anilines is 1. The van der Waals surface area contributed by atoms with E-state index in [-0.39, 0.29) is 0 Å². The molecule has 0 unspecified atom stereocenters. The molecule has 2 aromatic heterocycles. The molecule has 3 rings (SSSR count). The molecule has 3 heteroatoms. The molecule has 0 saturated carbocycles. The van der Waals surface area contributed by atoms with Crippen molar-refractivity contribution in [2.75, 3.05) is 5.32 Å². The van der Waals surface area contributed by atoms with Gasteiger partial charge in [-0.3, -0.25) is 4.98 Å². The van der Waals surface area contributed by atoms with Gasteiger partial charge in [-0.15, -0.1) is 0 Å². The summed E-state index contributed by atoms with van der Waals surface area (Å²) in [5, 5.41) is 3.09. The van der Waals surface area contributed by atoms with E-state index >= 15 is 0 Å². The van der Waals surface area contributed by atoms with E-state index in [2.05, 4.69) is 40.1 Å². The summed E-state index contributed by atoms with van der Waals surface area (Å²) in [7, 11) is 0. The number of nitrogens with zero attached hydrogens (tertiary/aromatic N) is 1. The molecule has 1 aromatic carbocycles. The molecule has 2 heterocycles. The molecule has 0 amide bonds. The number of benzene rings is 1. The van der Waals surface area contributed by atoms with Crippen molar-refractivity contribution in [3.05, 3.63) is 61.6 Å². The van der Waals surface area contributed by atoms with Crippen LogP contribution >= 0.6 is 0 Å². The van der Waals surface area contributed by atoms with Gasteiger partial charge in [0.15, 0.2) is 0 Å². The third kappa shape index (κ3) is 1.86. The maximum atomic E-state index is 4.42. The Balaban J connectivity index is 2.07. The van der Waals surface area contributed by atoms with Crippen LogP contribution in [0.4, 0.5) is 5.69 Å². The maximum Gasteiger partial charge on any atom is 0.0879 e. The molecule has 0 aliphatic rings. The summed E-state index contributed by atoms with van der Waals surface area (Å²) >= 11 is 0. The molecule has 0 aliphatic heterocycles. The number of nitrogens with one attached hydrogen (secondary N) is 2. The molecule has 2 N–H and O–H groups in total. The molecule has 0 spiro atoms. The first-order valence-corrected chi connectivity index (χ1v) is 5.78. The van der Waals surface area contributed by atoms with E-state index in [9.17, 15) is 0 Å². The van der Waals surface area contributed by atoms with Gasteiger partial charge in [-0.2, -0.15) is 0 Å². The molecular weight excluding hydrogens is 222 g/mol. The fraction of sp³-hybridized carbons (Fsp3) is 0. The summed E-state index contributed by atoms with van der Waals surface area (Å²) in [6.07, 6.45) is 5.46. The standard InChI is InChI=1S/C15H13N3/c1-2-16-13-5-3-4-11(8-13)12-9-15-14(18-10-12)6-7-17-15/h2-10,16-17H,1H2. The Bertz CT molecular complexity index is 698. The third-order valence-electron chi connectivity index (χ3n) is 2.86. The molecule has 18 heavy (non-hydrogen) atoms. The van der Waals surface area contributed by atoms with Crippen LogP contribution in [0.3, 0.4) is 0 Å². The first kappa shape index (κ1) is 10.6. The van der Waals surface area contributed by atoms with Crippen LogP contribution in [-0.4, -0.2) is 9.97 Å². The van der Waals surface area contributed by atoms with Crippen LogP contribution in [0.2, 0.25) is 0 Å². The largest absolute Gasteiger partial charge is 0.362 e. The molecule has 0 saturated heterocycles. The van der Waals surface area contributed by atoms with Gasteiger partial charge >= 0.3 is 0 Å². The maximum absolute atomic E-state index is 4.42. The van der Waals surface area contributed by atoms with E-state index in [1.165, 1.54) is 0 Å². The van der Waals surface area contributed by atoms with Gasteiger partial charge in [-0.25, -0.2) is 0 Å². The van der Waals surface area contributed by atoms with Crippen LogP contribution in [0.15, 0.2) is 61.6 Å². The Labute approximate surface area is 105 Å². The average Bonchev–Trinajstić information content (AvgIpc) is 2.86. The summed E-state index contributed by atoms with van der Waals surface area (Å²) in [6, 6.07) is 12.2. The van der Waals surface area contributed by atoms with Crippen molar-refractivity contribution in [3.63, 3.8) is 0 Å². The smallest absolute Gasteiger partial charge is 0.0879 e. The van der Waals surface area contributed by atoms with Crippen LogP contribution < -0.4 is 5.32 Å². The molecule has 0 aliphatic carbocycles. The predicted octanol–water partition coefficient (Wildman–Crippen LogP) is 3.79. The highest BCUT2D eigenvalue weighted by molar-refractivity contribution is 5.81. The first-order chi connectivity index (χ1) is 8.86. The van der Waals surface area contributed by atoms with E-state index < -0.39 is 0 Å². The van der Waals surface area contributed by atoms with Gasteiger partial charge in [0.05, 0.1) is 11.0 Å². The van der Waals surface area contributed by atoms with Crippen molar-refractivity contribution >= 4 is 16.7 Å². The van der Waals surface area contributed by atoms with Crippen molar-refractivity contribution in [1.82, 2.24) is 9.97 Å². The minimum absolute atomic E-state index is 0.985. The van der Waals surface area contributed by atoms with Crippen LogP contribution in [0.5, 0.6) is 0 Å². The minimum atomic E-state index is 0.985. The molecule has 88 valence electrons. The van der Waals surface area contributed by atoms with Crippen LogP contribution in [0.1, 0.15) is 0 Å². The number of fused-ring (bicyclic) bond motifs is 1. The van der Waals surface area contributed by atoms with Crippen LogP contribution in [0, 0.1) is 0 Å². The molecular formula is C15H13N3. The highest BCUT2D eigenvalue weighted by atomic mass is 14.8. The highest BCUT2D eigenvalue weighted by Gasteiger charge is 2.02. The fourth-order valence-electron chi connectivity index (χ4n) is 2.00. The number of hydrogen-bond acceptors (Lipinski definition) is 2. The summed E-state index contributed by atoms with van der Waals surface area (Å²) in [5.74, 6) is 0. The Morgan fingerprint density at radius 2 is 2.11 bits per heavy atom. The lowest BCUT2D eigenvalue weighted by Crippen LogP contribution is -1.87. The number of aromatic nitrogens is 2. The second-order valence-electron chi connectivity index (χ2n) is 4.06. The van der Waals surface area contributed by atoms with Crippen molar-refractivity contribution in [2.45, 2.75) is 0 Å². The van der Waals surface area contributed by atoms with Crippen LogP contribution in [0.25, 0.3) is 22.2 Å². The van der Waals surface area contributed by atoms with Gasteiger partial charge in [0.2, 0.25) is 0 Å². The predicted molar refractivity (Wildman–Crippen MR) is 75.3 cm³/mol. The summed E-state index contributed by atoms with van der Waals surface area (Å²) in [4.78, 5) is 7.60. The van der Waals surface area contributed by atoms with Gasteiger partial charge in [-0.1, -0.05) is 18.7 Å². The molecule has 3 aromatic rings. The van der Waals surface area contributed by atoms with E-state index in [1.807, 2.05) is 30.6 Å². The number of H-pyrrole nitrogens is 1. The van der Waals surface area contributed by atoms with Crippen LogP contribution in [-0.2, 0) is 0 Å². The van der Waals surface area contributed by atoms with Gasteiger partial charge < -0.3 is 10.3 Å². The Morgan fingerprint density at radius 1 is 1.17 bits per heavy atom. The summed E-state index contributed by atoms with van der Waals surface area (Å²) in [6.45, 7) is 3.66. The molecule has 0 radical (unpaired) electrons. The van der Waals surface area contributed by atoms with Crippen molar-refractivity contribution < 1.29 is 0 Å². The Morgan fingerprint density at radius 3 is 3.00 bits per heavy atom. The van der Waals surface area contributed by atoms with Gasteiger partial charge in [0.25, 0.3) is 0 Å². The Hall–Kier alpha value is -2.55. The Kier molecular flexibility index (Phi) is 2.57. The average molecular weight is 235 g/mol. The minimum Gasteiger partial charge on any atom is -0.362 e. The lowest BCUT2D eigenvalue weighted by Gasteiger charge is -2.05. The lowest BCUT2D eigenvalue weighted by atomic mass is 10.1. The van der Waals surface area contributed by atoms with E-state index in [0.29, 0.717) is 0 Å². The fourth-order valence-corrected chi connectivity index (χ4v) is 2.00. The number of rotatable bonds is 3. The SMILES string of the molecule is C=CNc1cccc(-c2cnc3cc[nH]c3c2)c1. The monoisotopic (exact) mass is 235 g/mol. The normalized spacial score (nSPS) is 10.4. The van der Waals surface area contributed by atoms with Gasteiger partial charge in [0, 0.05) is 23.6 Å². The van der Waals surface area contributed by atoms with Crippen molar-refractivity contribution in [2.24, 2.45) is 0 Å². The second-order valence-corrected chi connectivity index (χ2v) is 4.06. The third-order valence-corrected chi connectivity index (χ3v) is 2.86. The number of aromatic amines is 1. The van der Waals surface area contributed by atoms with E-state index in [1.54, 1.807) is 6.20 Å². The zero-order chi connectivity index (χ0) is 12.4. The topological polar surface area (TPSA) is 40.7 Å². The highest BCUT2D eigenvalue weighted by Crippen LogP contribution is 2.24. The number of hydrogen-bond donors (Lipinski definition) is 2. The van der Waals surface area contributed by atoms with Crippen molar-refractivity contribution in [3.8, 4) is 11.1 Å². The van der Waals surface area contributed by atoms with Gasteiger partial charge in [0.1, 0.15) is 0 Å². The van der Waals surface area contributed by atoms with Crippen molar-refractivity contribution in [1.29, 1.82) is 0 Å². The molecule has 3 nitrogen and oxygen atoms in total. The molecule has 0 atom stereocenters. The summed E-state index contributed by atoms with van der Waals surface area (Å²) in [5.41, 5.74) is 5.28.